The topological polar surface area (TPSA) is 32.3 Å². The van der Waals surface area contributed by atoms with Gasteiger partial charge in [-0.05, 0) is 32.0 Å². The zero-order valence-electron chi connectivity index (χ0n) is 11.1. The number of amides is 1. The van der Waals surface area contributed by atoms with Gasteiger partial charge < -0.3 is 10.2 Å². The molecule has 1 fully saturated rings. The molecule has 2 unspecified atom stereocenters. The number of hydrogen-bond acceptors (Lipinski definition) is 2. The van der Waals surface area contributed by atoms with Gasteiger partial charge in [0.15, 0.2) is 0 Å². The molecule has 104 valence electrons. The Balaban J connectivity index is 2.10. The van der Waals surface area contributed by atoms with Crippen LogP contribution in [0.15, 0.2) is 18.2 Å². The van der Waals surface area contributed by atoms with Gasteiger partial charge in [-0.2, -0.15) is 0 Å². The van der Waals surface area contributed by atoms with E-state index in [2.05, 4.69) is 5.32 Å². The van der Waals surface area contributed by atoms with E-state index in [-0.39, 0.29) is 30.0 Å². The van der Waals surface area contributed by atoms with Crippen LogP contribution >= 0.6 is 0 Å². The fourth-order valence-corrected chi connectivity index (χ4v) is 2.35. The smallest absolute Gasteiger partial charge is 0.227 e. The number of nitrogens with one attached hydrogen (secondary N) is 1. The number of piperazine rings is 1. The van der Waals surface area contributed by atoms with Crippen molar-refractivity contribution in [3.8, 4) is 0 Å². The maximum atomic E-state index is 13.5. The van der Waals surface area contributed by atoms with Crippen LogP contribution in [0.5, 0.6) is 0 Å². The third-order valence-electron chi connectivity index (χ3n) is 3.70. The summed E-state index contributed by atoms with van der Waals surface area (Å²) in [6, 6.07) is 3.46. The van der Waals surface area contributed by atoms with Crippen molar-refractivity contribution < 1.29 is 13.6 Å². The Morgan fingerprint density at radius 2 is 2.16 bits per heavy atom. The maximum Gasteiger partial charge on any atom is 0.227 e. The lowest BCUT2D eigenvalue weighted by Crippen LogP contribution is -2.57. The Labute approximate surface area is 111 Å². The average molecular weight is 268 g/mol. The van der Waals surface area contributed by atoms with Crippen molar-refractivity contribution in [2.75, 3.05) is 13.1 Å². The molecular formula is C14H18F2N2O. The molecule has 19 heavy (non-hydrogen) atoms. The van der Waals surface area contributed by atoms with Gasteiger partial charge in [0, 0.05) is 30.7 Å². The number of carbonyl (C=O) groups is 1. The minimum atomic E-state index is -0.536. The Kier molecular flexibility index (Phi) is 4.14. The summed E-state index contributed by atoms with van der Waals surface area (Å²) in [4.78, 5) is 13.9. The third-order valence-corrected chi connectivity index (χ3v) is 3.70. The van der Waals surface area contributed by atoms with Crippen molar-refractivity contribution in [2.24, 2.45) is 0 Å². The number of halogens is 2. The van der Waals surface area contributed by atoms with E-state index in [4.69, 9.17) is 0 Å². The Bertz CT molecular complexity index is 479. The zero-order chi connectivity index (χ0) is 14.0. The van der Waals surface area contributed by atoms with Crippen molar-refractivity contribution in [3.63, 3.8) is 0 Å². The molecule has 1 heterocycles. The van der Waals surface area contributed by atoms with Crippen LogP contribution in [0.4, 0.5) is 8.78 Å². The van der Waals surface area contributed by atoms with Gasteiger partial charge in [0.05, 0.1) is 6.42 Å². The molecule has 1 amide bonds. The summed E-state index contributed by atoms with van der Waals surface area (Å²) < 4.78 is 26.6. The predicted octanol–water partition coefficient (Wildman–Crippen LogP) is 1.72. The first-order valence-electron chi connectivity index (χ1n) is 6.46. The first-order valence-corrected chi connectivity index (χ1v) is 6.46. The van der Waals surface area contributed by atoms with Crippen LogP contribution in [0, 0.1) is 11.6 Å². The van der Waals surface area contributed by atoms with Crippen LogP contribution in [0.25, 0.3) is 0 Å². The van der Waals surface area contributed by atoms with E-state index in [1.807, 2.05) is 13.8 Å². The lowest BCUT2D eigenvalue weighted by atomic mass is 10.0. The van der Waals surface area contributed by atoms with Crippen molar-refractivity contribution in [2.45, 2.75) is 32.4 Å². The average Bonchev–Trinajstić information content (AvgIpc) is 2.37. The molecule has 0 aromatic heterocycles. The van der Waals surface area contributed by atoms with Crippen LogP contribution < -0.4 is 5.32 Å². The van der Waals surface area contributed by atoms with Gasteiger partial charge in [-0.15, -0.1) is 0 Å². The minimum absolute atomic E-state index is 0.0536. The number of nitrogens with zero attached hydrogens (tertiary/aromatic N) is 1. The summed E-state index contributed by atoms with van der Waals surface area (Å²) in [5.41, 5.74) is 0.114. The van der Waals surface area contributed by atoms with E-state index in [0.29, 0.717) is 6.54 Å². The van der Waals surface area contributed by atoms with Gasteiger partial charge in [-0.3, -0.25) is 4.79 Å². The highest BCUT2D eigenvalue weighted by molar-refractivity contribution is 5.79. The predicted molar refractivity (Wildman–Crippen MR) is 68.7 cm³/mol. The van der Waals surface area contributed by atoms with Gasteiger partial charge in [-0.25, -0.2) is 8.78 Å². The molecule has 1 saturated heterocycles. The molecule has 5 heteroatoms. The van der Waals surface area contributed by atoms with E-state index >= 15 is 0 Å². The molecule has 3 nitrogen and oxygen atoms in total. The van der Waals surface area contributed by atoms with Gasteiger partial charge in [0.2, 0.25) is 5.91 Å². The largest absolute Gasteiger partial charge is 0.337 e. The summed E-state index contributed by atoms with van der Waals surface area (Å²) in [6.45, 7) is 5.29. The summed E-state index contributed by atoms with van der Waals surface area (Å²) in [6.07, 6.45) is -0.0966. The molecule has 1 aliphatic heterocycles. The summed E-state index contributed by atoms with van der Waals surface area (Å²) in [5, 5.41) is 3.27. The zero-order valence-corrected chi connectivity index (χ0v) is 11.1. The Morgan fingerprint density at radius 3 is 2.89 bits per heavy atom. The minimum Gasteiger partial charge on any atom is -0.337 e. The van der Waals surface area contributed by atoms with Gasteiger partial charge in [0.25, 0.3) is 0 Å². The quantitative estimate of drug-likeness (QED) is 0.885. The van der Waals surface area contributed by atoms with E-state index in [0.717, 1.165) is 24.7 Å². The fraction of sp³-hybridized carbons (Fsp3) is 0.500. The van der Waals surface area contributed by atoms with Crippen LogP contribution in [0.1, 0.15) is 19.4 Å². The first kappa shape index (κ1) is 13.9. The normalized spacial score (nSPS) is 23.5. The third kappa shape index (κ3) is 3.10. The summed E-state index contributed by atoms with van der Waals surface area (Å²) in [7, 11) is 0. The molecule has 0 aliphatic carbocycles. The highest BCUT2D eigenvalue weighted by Crippen LogP contribution is 2.15. The lowest BCUT2D eigenvalue weighted by Gasteiger charge is -2.38. The molecule has 0 spiro atoms. The fourth-order valence-electron chi connectivity index (χ4n) is 2.35. The molecule has 2 rings (SSSR count). The summed E-state index contributed by atoms with van der Waals surface area (Å²) >= 11 is 0. The molecular weight excluding hydrogens is 250 g/mol. The van der Waals surface area contributed by atoms with Crippen molar-refractivity contribution >= 4 is 5.91 Å². The SMILES string of the molecule is CC1NCCN(C(=O)Cc2cc(F)ccc2F)C1C. The number of rotatable bonds is 2. The highest BCUT2D eigenvalue weighted by Gasteiger charge is 2.28. The number of carbonyl (C=O) groups excluding carboxylic acids is 1. The van der Waals surface area contributed by atoms with Crippen molar-refractivity contribution in [1.29, 1.82) is 0 Å². The molecule has 1 aliphatic rings. The molecule has 1 aromatic rings. The second-order valence-electron chi connectivity index (χ2n) is 4.98. The Morgan fingerprint density at radius 1 is 1.42 bits per heavy atom. The van der Waals surface area contributed by atoms with Crippen molar-refractivity contribution in [3.05, 3.63) is 35.4 Å². The van der Waals surface area contributed by atoms with Crippen LogP contribution in [-0.2, 0) is 11.2 Å². The number of hydrogen-bond donors (Lipinski definition) is 1. The second-order valence-corrected chi connectivity index (χ2v) is 4.98. The Hall–Kier alpha value is -1.49. The van der Waals surface area contributed by atoms with Gasteiger partial charge >= 0.3 is 0 Å². The van der Waals surface area contributed by atoms with Crippen LogP contribution in [0.2, 0.25) is 0 Å². The first-order chi connectivity index (χ1) is 8.99. The molecule has 0 saturated carbocycles. The number of benzene rings is 1. The standard InChI is InChI=1S/C14H18F2N2O/c1-9-10(2)18(6-5-17-9)14(19)8-11-7-12(15)3-4-13(11)16/h3-4,7,9-10,17H,5-6,8H2,1-2H3. The molecule has 0 radical (unpaired) electrons. The molecule has 1 aromatic carbocycles. The molecule has 1 N–H and O–H groups in total. The van der Waals surface area contributed by atoms with E-state index in [1.54, 1.807) is 4.90 Å². The molecule has 0 bridgehead atoms. The second kappa shape index (κ2) is 5.65. The van der Waals surface area contributed by atoms with E-state index in [9.17, 15) is 13.6 Å². The lowest BCUT2D eigenvalue weighted by molar-refractivity contribution is -0.134. The van der Waals surface area contributed by atoms with Gasteiger partial charge in [-0.1, -0.05) is 0 Å². The van der Waals surface area contributed by atoms with E-state index in [1.165, 1.54) is 0 Å². The van der Waals surface area contributed by atoms with Gasteiger partial charge in [0.1, 0.15) is 11.6 Å². The van der Waals surface area contributed by atoms with Crippen molar-refractivity contribution in [1.82, 2.24) is 10.2 Å². The molecule has 2 atom stereocenters. The monoisotopic (exact) mass is 268 g/mol. The maximum absolute atomic E-state index is 13.5. The highest BCUT2D eigenvalue weighted by atomic mass is 19.1. The van der Waals surface area contributed by atoms with Crippen LogP contribution in [0.3, 0.4) is 0 Å². The van der Waals surface area contributed by atoms with E-state index < -0.39 is 11.6 Å². The van der Waals surface area contributed by atoms with Crippen LogP contribution in [-0.4, -0.2) is 36.0 Å². The summed E-state index contributed by atoms with van der Waals surface area (Å²) in [5.74, 6) is -1.22.